The second kappa shape index (κ2) is 7.65. The number of benzene rings is 1. The first kappa shape index (κ1) is 19.3. The van der Waals surface area contributed by atoms with Crippen molar-refractivity contribution in [3.63, 3.8) is 0 Å². The summed E-state index contributed by atoms with van der Waals surface area (Å²) in [5.74, 6) is 0.847. The normalized spacial score (nSPS) is 16.1. The fraction of sp³-hybridized carbons (Fsp3) is 0.450. The Bertz CT molecular complexity index is 938. The molecule has 2 N–H and O–H groups in total. The molecular formula is C20H25N5OS. The van der Waals surface area contributed by atoms with Gasteiger partial charge in [0.2, 0.25) is 11.6 Å². The second-order valence-electron chi connectivity index (χ2n) is 7.32. The van der Waals surface area contributed by atoms with E-state index in [0.29, 0.717) is 26.8 Å². The molecule has 0 radical (unpaired) electrons. The Balaban J connectivity index is 1.91. The minimum Gasteiger partial charge on any atom is -0.382 e. The van der Waals surface area contributed by atoms with E-state index in [1.54, 1.807) is 23.7 Å². The molecule has 6 nitrogen and oxygen atoms in total. The number of nitrogen functional groups attached to an aromatic ring is 1. The highest BCUT2D eigenvalue weighted by Crippen LogP contribution is 2.37. The molecule has 0 aliphatic carbocycles. The summed E-state index contributed by atoms with van der Waals surface area (Å²) in [5.41, 5.74) is 6.86. The highest BCUT2D eigenvalue weighted by atomic mass is 32.2. The molecule has 1 saturated heterocycles. The van der Waals surface area contributed by atoms with Crippen LogP contribution in [0.5, 0.6) is 0 Å². The third-order valence-corrected chi connectivity index (χ3v) is 6.71. The fourth-order valence-corrected chi connectivity index (χ4v) is 4.27. The van der Waals surface area contributed by atoms with Crippen molar-refractivity contribution in [3.8, 4) is 0 Å². The standard InChI is InChI=1S/C20H25N5OS/c1-5-20(2)10-12-25(13-11-20)19-23-17(21)16(18(26)24(19)4)27-15-9-7-6-8-14(15)22-3/h6-9H,5,10-13,21H2,1-2,4H3. The number of nitrogens with two attached hydrogens (primary N) is 1. The van der Waals surface area contributed by atoms with Crippen LogP contribution in [0.3, 0.4) is 0 Å². The highest BCUT2D eigenvalue weighted by molar-refractivity contribution is 7.99. The summed E-state index contributed by atoms with van der Waals surface area (Å²) >= 11 is 1.21. The van der Waals surface area contributed by atoms with Crippen molar-refractivity contribution in [2.75, 3.05) is 23.7 Å². The van der Waals surface area contributed by atoms with Crippen LogP contribution in [0.4, 0.5) is 17.5 Å². The lowest BCUT2D eigenvalue weighted by atomic mass is 9.78. The van der Waals surface area contributed by atoms with Crippen LogP contribution >= 0.6 is 11.8 Å². The van der Waals surface area contributed by atoms with E-state index in [9.17, 15) is 4.79 Å². The maximum atomic E-state index is 13.0. The molecule has 1 aromatic heterocycles. The van der Waals surface area contributed by atoms with Crippen molar-refractivity contribution in [1.29, 1.82) is 0 Å². The predicted molar refractivity (Wildman–Crippen MR) is 111 cm³/mol. The predicted octanol–water partition coefficient (Wildman–Crippen LogP) is 4.08. The van der Waals surface area contributed by atoms with Gasteiger partial charge in [-0.25, -0.2) is 4.85 Å². The summed E-state index contributed by atoms with van der Waals surface area (Å²) in [4.78, 5) is 24.2. The first-order chi connectivity index (χ1) is 12.9. The molecule has 0 saturated carbocycles. The third-order valence-electron chi connectivity index (χ3n) is 5.56. The zero-order chi connectivity index (χ0) is 19.6. The smallest absolute Gasteiger partial charge is 0.270 e. The number of anilines is 2. The van der Waals surface area contributed by atoms with Gasteiger partial charge in [0.1, 0.15) is 10.7 Å². The summed E-state index contributed by atoms with van der Waals surface area (Å²) in [7, 11) is 1.74. The lowest BCUT2D eigenvalue weighted by Crippen LogP contribution is -2.41. The molecule has 0 atom stereocenters. The number of piperidine rings is 1. The monoisotopic (exact) mass is 383 g/mol. The Labute approximate surface area is 164 Å². The van der Waals surface area contributed by atoms with Gasteiger partial charge in [0, 0.05) is 25.0 Å². The van der Waals surface area contributed by atoms with Crippen LogP contribution in [0.2, 0.25) is 0 Å². The Kier molecular flexibility index (Phi) is 5.47. The van der Waals surface area contributed by atoms with E-state index in [4.69, 9.17) is 12.3 Å². The molecule has 2 aromatic rings. The number of rotatable bonds is 4. The van der Waals surface area contributed by atoms with E-state index < -0.39 is 0 Å². The number of nitrogens with zero attached hydrogens (tertiary/aromatic N) is 4. The molecule has 3 rings (SSSR count). The van der Waals surface area contributed by atoms with Gasteiger partial charge in [-0.15, -0.1) is 0 Å². The Morgan fingerprint density at radius 2 is 2.00 bits per heavy atom. The highest BCUT2D eigenvalue weighted by Gasteiger charge is 2.30. The SMILES string of the molecule is [C-]#[N+]c1ccccc1Sc1c(N)nc(N2CCC(C)(CC)CC2)n(C)c1=O. The van der Waals surface area contributed by atoms with Crippen LogP contribution in [0, 0.1) is 12.0 Å². The largest absolute Gasteiger partial charge is 0.382 e. The van der Waals surface area contributed by atoms with E-state index in [-0.39, 0.29) is 11.4 Å². The molecule has 0 unspecified atom stereocenters. The van der Waals surface area contributed by atoms with Crippen LogP contribution < -0.4 is 16.2 Å². The van der Waals surface area contributed by atoms with Gasteiger partial charge in [-0.2, -0.15) is 4.98 Å². The van der Waals surface area contributed by atoms with Gasteiger partial charge >= 0.3 is 0 Å². The van der Waals surface area contributed by atoms with Gasteiger partial charge in [0.25, 0.3) is 5.56 Å². The molecule has 142 valence electrons. The van der Waals surface area contributed by atoms with Crippen molar-refractivity contribution in [3.05, 3.63) is 46.0 Å². The van der Waals surface area contributed by atoms with Crippen LogP contribution in [0.15, 0.2) is 38.9 Å². The molecule has 1 aliphatic rings. The summed E-state index contributed by atoms with van der Waals surface area (Å²) in [6.45, 7) is 13.6. The second-order valence-corrected chi connectivity index (χ2v) is 8.38. The molecule has 0 bridgehead atoms. The van der Waals surface area contributed by atoms with Crippen molar-refractivity contribution in [2.45, 2.75) is 42.9 Å². The van der Waals surface area contributed by atoms with E-state index in [1.807, 2.05) is 12.1 Å². The molecule has 0 spiro atoms. The third kappa shape index (κ3) is 3.81. The zero-order valence-corrected chi connectivity index (χ0v) is 16.8. The van der Waals surface area contributed by atoms with Crippen LogP contribution in [-0.4, -0.2) is 22.6 Å². The minimum absolute atomic E-state index is 0.175. The first-order valence-corrected chi connectivity index (χ1v) is 9.96. The topological polar surface area (TPSA) is 68.5 Å². The van der Waals surface area contributed by atoms with Gasteiger partial charge < -0.3 is 10.6 Å². The van der Waals surface area contributed by atoms with Gasteiger partial charge in [0.15, 0.2) is 0 Å². The van der Waals surface area contributed by atoms with Crippen LogP contribution in [-0.2, 0) is 7.05 Å². The molecule has 7 heteroatoms. The summed E-state index contributed by atoms with van der Waals surface area (Å²) in [6.07, 6.45) is 3.31. The van der Waals surface area contributed by atoms with Crippen molar-refractivity contribution >= 4 is 29.2 Å². The molecule has 27 heavy (non-hydrogen) atoms. The van der Waals surface area contributed by atoms with E-state index in [1.165, 1.54) is 11.8 Å². The van der Waals surface area contributed by atoms with Crippen LogP contribution in [0.1, 0.15) is 33.1 Å². The number of para-hydroxylation sites is 1. The van der Waals surface area contributed by atoms with Crippen LogP contribution in [0.25, 0.3) is 4.85 Å². The Morgan fingerprint density at radius 1 is 1.33 bits per heavy atom. The number of aromatic nitrogens is 2. The van der Waals surface area contributed by atoms with Gasteiger partial charge in [-0.05, 0) is 18.3 Å². The Morgan fingerprint density at radius 3 is 2.63 bits per heavy atom. The minimum atomic E-state index is -0.175. The first-order valence-electron chi connectivity index (χ1n) is 9.14. The summed E-state index contributed by atoms with van der Waals surface area (Å²) < 4.78 is 1.58. The zero-order valence-electron chi connectivity index (χ0n) is 16.0. The van der Waals surface area contributed by atoms with Gasteiger partial charge in [0.05, 0.1) is 6.57 Å². The van der Waals surface area contributed by atoms with Gasteiger partial charge in [-0.1, -0.05) is 56.3 Å². The maximum Gasteiger partial charge on any atom is 0.270 e. The van der Waals surface area contributed by atoms with E-state index in [0.717, 1.165) is 32.4 Å². The van der Waals surface area contributed by atoms with Crippen molar-refractivity contribution < 1.29 is 0 Å². The molecule has 1 aliphatic heterocycles. The van der Waals surface area contributed by atoms with Gasteiger partial charge in [-0.3, -0.25) is 9.36 Å². The molecule has 2 heterocycles. The quantitative estimate of drug-likeness (QED) is 0.806. The number of hydrogen-bond acceptors (Lipinski definition) is 5. The van der Waals surface area contributed by atoms with E-state index >= 15 is 0 Å². The average Bonchev–Trinajstić information content (AvgIpc) is 2.69. The molecular weight excluding hydrogens is 358 g/mol. The lowest BCUT2D eigenvalue weighted by Gasteiger charge is -2.39. The fourth-order valence-electron chi connectivity index (χ4n) is 3.31. The molecule has 0 amide bonds. The van der Waals surface area contributed by atoms with Crippen molar-refractivity contribution in [1.82, 2.24) is 9.55 Å². The lowest BCUT2D eigenvalue weighted by molar-refractivity contribution is 0.236. The average molecular weight is 384 g/mol. The molecule has 1 aromatic carbocycles. The molecule has 1 fully saturated rings. The van der Waals surface area contributed by atoms with Crippen molar-refractivity contribution in [2.24, 2.45) is 12.5 Å². The van der Waals surface area contributed by atoms with E-state index in [2.05, 4.69) is 28.6 Å². The Hall–Kier alpha value is -2.46. The summed E-state index contributed by atoms with van der Waals surface area (Å²) in [5, 5.41) is 0. The maximum absolute atomic E-state index is 13.0. The number of hydrogen-bond donors (Lipinski definition) is 1. The summed E-state index contributed by atoms with van der Waals surface area (Å²) in [6, 6.07) is 7.20.